The number of nitrogens with zero attached hydrogens (tertiary/aromatic N) is 2. The Labute approximate surface area is 203 Å². The van der Waals surface area contributed by atoms with E-state index in [0.29, 0.717) is 18.7 Å². The van der Waals surface area contributed by atoms with Gasteiger partial charge in [-0.25, -0.2) is 4.79 Å². The molecular formula is C26H35BN4O3. The van der Waals surface area contributed by atoms with Crippen LogP contribution < -0.4 is 16.1 Å². The number of nitrogens with one attached hydrogen (secondary N) is 2. The van der Waals surface area contributed by atoms with Gasteiger partial charge in [0, 0.05) is 50.0 Å². The maximum atomic E-state index is 13.3. The molecule has 4 rings (SSSR count). The fraction of sp³-hybridized carbons (Fsp3) is 0.462. The van der Waals surface area contributed by atoms with Crippen molar-refractivity contribution in [3.63, 3.8) is 0 Å². The molecule has 180 valence electrons. The number of amides is 3. The van der Waals surface area contributed by atoms with E-state index < -0.39 is 6.04 Å². The molecule has 2 aliphatic rings. The zero-order chi connectivity index (χ0) is 24.5. The second-order valence-electron chi connectivity index (χ2n) is 10.3. The van der Waals surface area contributed by atoms with Gasteiger partial charge >= 0.3 is 6.03 Å². The van der Waals surface area contributed by atoms with E-state index >= 15 is 0 Å². The highest BCUT2D eigenvalue weighted by Gasteiger charge is 2.40. The smallest absolute Gasteiger partial charge is 0.322 e. The zero-order valence-corrected chi connectivity index (χ0v) is 20.9. The Morgan fingerprint density at radius 1 is 1.09 bits per heavy atom. The Kier molecular flexibility index (Phi) is 7.00. The van der Waals surface area contributed by atoms with Gasteiger partial charge in [-0.15, -0.1) is 0 Å². The SMILES string of the molecule is Bc1ccc(NC(=O)N2CC(OC)CC2C(=O)Nc2ccc3c(c2)C(C)(C)CN(C)CC3)cc1. The third-order valence-corrected chi connectivity index (χ3v) is 7.00. The molecule has 0 radical (unpaired) electrons. The molecular weight excluding hydrogens is 427 g/mol. The first kappa shape index (κ1) is 24.3. The first-order valence-corrected chi connectivity index (χ1v) is 12.0. The zero-order valence-electron chi connectivity index (χ0n) is 20.9. The van der Waals surface area contributed by atoms with Crippen molar-refractivity contribution < 1.29 is 14.3 Å². The number of likely N-dealkylation sites (N-methyl/N-ethyl adjacent to an activating group) is 1. The molecule has 2 atom stereocenters. The van der Waals surface area contributed by atoms with Crippen molar-refractivity contribution >= 4 is 36.6 Å². The van der Waals surface area contributed by atoms with E-state index in [4.69, 9.17) is 4.74 Å². The van der Waals surface area contributed by atoms with Crippen molar-refractivity contribution in [2.24, 2.45) is 0 Å². The van der Waals surface area contributed by atoms with Gasteiger partial charge in [0.25, 0.3) is 0 Å². The number of rotatable bonds is 4. The highest BCUT2D eigenvalue weighted by molar-refractivity contribution is 6.32. The average molecular weight is 462 g/mol. The second-order valence-corrected chi connectivity index (χ2v) is 10.3. The minimum absolute atomic E-state index is 0.0181. The van der Waals surface area contributed by atoms with Crippen LogP contribution in [0.1, 0.15) is 31.4 Å². The number of benzene rings is 2. The number of methoxy groups -OCH3 is 1. The number of carbonyl (C=O) groups is 2. The lowest BCUT2D eigenvalue weighted by Gasteiger charge is -2.29. The van der Waals surface area contributed by atoms with E-state index in [-0.39, 0.29) is 23.5 Å². The molecule has 0 aliphatic carbocycles. The summed E-state index contributed by atoms with van der Waals surface area (Å²) in [7, 11) is 5.77. The number of hydrogen-bond acceptors (Lipinski definition) is 4. The molecule has 2 aromatic carbocycles. The monoisotopic (exact) mass is 462 g/mol. The third kappa shape index (κ3) is 5.28. The Morgan fingerprint density at radius 2 is 1.79 bits per heavy atom. The summed E-state index contributed by atoms with van der Waals surface area (Å²) in [5.74, 6) is -0.192. The largest absolute Gasteiger partial charge is 0.380 e. The predicted octanol–water partition coefficient (Wildman–Crippen LogP) is 1.97. The summed E-state index contributed by atoms with van der Waals surface area (Å²) in [6, 6.07) is 12.9. The number of likely N-dealkylation sites (tertiary alicyclic amines) is 1. The highest BCUT2D eigenvalue weighted by atomic mass is 16.5. The molecule has 2 N–H and O–H groups in total. The molecule has 3 amide bonds. The summed E-state index contributed by atoms with van der Waals surface area (Å²) >= 11 is 0. The van der Waals surface area contributed by atoms with Crippen molar-refractivity contribution in [1.29, 1.82) is 0 Å². The Bertz CT molecular complexity index is 1060. The average Bonchev–Trinajstić information content (AvgIpc) is 3.20. The van der Waals surface area contributed by atoms with Crippen LogP contribution in [-0.2, 0) is 21.4 Å². The highest BCUT2D eigenvalue weighted by Crippen LogP contribution is 2.33. The predicted molar refractivity (Wildman–Crippen MR) is 139 cm³/mol. The van der Waals surface area contributed by atoms with Gasteiger partial charge in [0.05, 0.1) is 6.10 Å². The van der Waals surface area contributed by atoms with Gasteiger partial charge in [0.15, 0.2) is 0 Å². The van der Waals surface area contributed by atoms with E-state index in [1.807, 2.05) is 38.2 Å². The van der Waals surface area contributed by atoms with Crippen LogP contribution in [0.25, 0.3) is 0 Å². The van der Waals surface area contributed by atoms with Gasteiger partial charge in [-0.05, 0) is 48.9 Å². The van der Waals surface area contributed by atoms with E-state index in [0.717, 1.165) is 30.7 Å². The summed E-state index contributed by atoms with van der Waals surface area (Å²) in [6.45, 7) is 6.85. The van der Waals surface area contributed by atoms with Gasteiger partial charge in [-0.2, -0.15) is 0 Å². The standard InChI is InChI=1S/C26H35BN4O3/c1-26(2)16-30(3)12-11-17-5-8-20(13-22(17)26)28-24(32)23-14-21(34-4)15-31(23)25(33)29-19-9-6-18(27)7-10-19/h5-10,13,21,23H,11-12,14-16,27H2,1-4H3,(H,28,32)(H,29,33). The third-order valence-electron chi connectivity index (χ3n) is 7.00. The van der Waals surface area contributed by atoms with E-state index in [2.05, 4.69) is 48.6 Å². The number of anilines is 2. The first-order chi connectivity index (χ1) is 16.2. The van der Waals surface area contributed by atoms with Gasteiger partial charge in [0.1, 0.15) is 13.9 Å². The summed E-state index contributed by atoms with van der Waals surface area (Å²) < 4.78 is 5.51. The maximum absolute atomic E-state index is 13.3. The molecule has 0 spiro atoms. The molecule has 2 aromatic rings. The Balaban J connectivity index is 1.51. The van der Waals surface area contributed by atoms with Crippen LogP contribution in [0.4, 0.5) is 16.2 Å². The molecule has 0 saturated carbocycles. The molecule has 0 bridgehead atoms. The summed E-state index contributed by atoms with van der Waals surface area (Å²) in [5.41, 5.74) is 5.16. The topological polar surface area (TPSA) is 73.9 Å². The lowest BCUT2D eigenvalue weighted by atomic mass is 9.81. The molecule has 2 aliphatic heterocycles. The number of carbonyl (C=O) groups excluding carboxylic acids is 2. The summed E-state index contributed by atoms with van der Waals surface area (Å²) in [4.78, 5) is 30.3. The van der Waals surface area contributed by atoms with Crippen LogP contribution >= 0.6 is 0 Å². The van der Waals surface area contributed by atoms with Crippen LogP contribution in [0.2, 0.25) is 0 Å². The van der Waals surface area contributed by atoms with E-state index in [1.54, 1.807) is 12.0 Å². The van der Waals surface area contributed by atoms with Gasteiger partial charge in [-0.3, -0.25) is 4.79 Å². The molecule has 1 saturated heterocycles. The van der Waals surface area contributed by atoms with Crippen LogP contribution in [0.5, 0.6) is 0 Å². The molecule has 8 heteroatoms. The second kappa shape index (κ2) is 9.80. The fourth-order valence-corrected chi connectivity index (χ4v) is 5.15. The van der Waals surface area contributed by atoms with E-state index in [9.17, 15) is 9.59 Å². The Hall–Kier alpha value is -2.84. The van der Waals surface area contributed by atoms with Crippen molar-refractivity contribution in [3.8, 4) is 0 Å². The maximum Gasteiger partial charge on any atom is 0.322 e. The van der Waals surface area contributed by atoms with Crippen molar-refractivity contribution in [2.75, 3.05) is 44.4 Å². The van der Waals surface area contributed by atoms with Gasteiger partial charge in [0.2, 0.25) is 5.91 Å². The number of urea groups is 1. The molecule has 2 heterocycles. The van der Waals surface area contributed by atoms with Crippen molar-refractivity contribution in [3.05, 3.63) is 53.6 Å². The van der Waals surface area contributed by atoms with Crippen LogP contribution in [0, 0.1) is 0 Å². The molecule has 0 aromatic heterocycles. The molecule has 1 fully saturated rings. The first-order valence-electron chi connectivity index (χ1n) is 12.0. The van der Waals surface area contributed by atoms with Crippen molar-refractivity contribution in [1.82, 2.24) is 9.80 Å². The normalized spacial score (nSPS) is 22.1. The summed E-state index contributed by atoms with van der Waals surface area (Å²) in [5, 5.41) is 5.99. The van der Waals surface area contributed by atoms with Crippen LogP contribution in [0.15, 0.2) is 42.5 Å². The quantitative estimate of drug-likeness (QED) is 0.682. The molecule has 7 nitrogen and oxygen atoms in total. The molecule has 34 heavy (non-hydrogen) atoms. The summed E-state index contributed by atoms with van der Waals surface area (Å²) in [6.07, 6.45) is 1.28. The minimum Gasteiger partial charge on any atom is -0.380 e. The van der Waals surface area contributed by atoms with Crippen LogP contribution in [0.3, 0.4) is 0 Å². The van der Waals surface area contributed by atoms with Crippen molar-refractivity contribution in [2.45, 2.75) is 44.2 Å². The lowest BCUT2D eigenvalue weighted by Crippen LogP contribution is -2.45. The molecule has 2 unspecified atom stereocenters. The minimum atomic E-state index is -0.603. The lowest BCUT2D eigenvalue weighted by molar-refractivity contribution is -0.119. The fourth-order valence-electron chi connectivity index (χ4n) is 5.15. The van der Waals surface area contributed by atoms with E-state index in [1.165, 1.54) is 11.1 Å². The van der Waals surface area contributed by atoms with Gasteiger partial charge in [-0.1, -0.05) is 37.5 Å². The van der Waals surface area contributed by atoms with Gasteiger partial charge < -0.3 is 25.2 Å². The number of fused-ring (bicyclic) bond motifs is 1. The Morgan fingerprint density at radius 3 is 2.50 bits per heavy atom. The number of ether oxygens (including phenoxy) is 1. The number of hydrogen-bond donors (Lipinski definition) is 2. The van der Waals surface area contributed by atoms with Crippen LogP contribution in [-0.4, -0.2) is 75.5 Å².